The van der Waals surface area contributed by atoms with Crippen LogP contribution >= 0.6 is 0 Å². The molecule has 0 aliphatic heterocycles. The van der Waals surface area contributed by atoms with Crippen molar-refractivity contribution in [1.82, 2.24) is 4.98 Å². The smallest absolute Gasteiger partial charge is 0.178 e. The molecule has 1 heterocycles. The van der Waals surface area contributed by atoms with Crippen LogP contribution in [0.5, 0.6) is 0 Å². The number of Topliss-reactive ketones (excluding diaryl/α,β-unsaturated/α-hetero) is 1. The molecule has 2 aromatic rings. The number of ketones is 1. The Balaban J connectivity index is 2.87. The van der Waals surface area contributed by atoms with E-state index in [-0.39, 0.29) is 17.0 Å². The first kappa shape index (κ1) is 10.7. The SMILES string of the molecule is CC(=O)c1cc(C)c2cc(F)cc(F)c2n1. The summed E-state index contributed by atoms with van der Waals surface area (Å²) in [6, 6.07) is 3.51. The van der Waals surface area contributed by atoms with Crippen molar-refractivity contribution in [1.29, 1.82) is 0 Å². The van der Waals surface area contributed by atoms with Crippen molar-refractivity contribution in [2.24, 2.45) is 0 Å². The van der Waals surface area contributed by atoms with Crippen LogP contribution in [0.15, 0.2) is 18.2 Å². The number of aromatic nitrogens is 1. The maximum absolute atomic E-state index is 13.5. The van der Waals surface area contributed by atoms with Gasteiger partial charge in [0.25, 0.3) is 0 Å². The third kappa shape index (κ3) is 1.66. The molecule has 1 aromatic carbocycles. The van der Waals surface area contributed by atoms with Crippen molar-refractivity contribution in [2.75, 3.05) is 0 Å². The van der Waals surface area contributed by atoms with E-state index in [0.29, 0.717) is 10.9 Å². The third-order valence-corrected chi connectivity index (χ3v) is 2.40. The number of hydrogen-bond donors (Lipinski definition) is 0. The van der Waals surface area contributed by atoms with Crippen LogP contribution in [0, 0.1) is 18.6 Å². The molecule has 0 spiro atoms. The molecule has 82 valence electrons. The molecule has 2 rings (SSSR count). The average molecular weight is 221 g/mol. The third-order valence-electron chi connectivity index (χ3n) is 2.40. The largest absolute Gasteiger partial charge is 0.293 e. The summed E-state index contributed by atoms with van der Waals surface area (Å²) in [6.45, 7) is 3.05. The molecule has 0 saturated heterocycles. The lowest BCUT2D eigenvalue weighted by molar-refractivity contribution is 0.101. The highest BCUT2D eigenvalue weighted by Crippen LogP contribution is 2.22. The van der Waals surface area contributed by atoms with Crippen LogP contribution in [0.4, 0.5) is 8.78 Å². The van der Waals surface area contributed by atoms with Crippen LogP contribution in [-0.2, 0) is 0 Å². The second kappa shape index (κ2) is 3.63. The number of halogens is 2. The number of carbonyl (C=O) groups excluding carboxylic acids is 1. The Morgan fingerprint density at radius 2 is 1.94 bits per heavy atom. The van der Waals surface area contributed by atoms with E-state index >= 15 is 0 Å². The lowest BCUT2D eigenvalue weighted by Gasteiger charge is -2.05. The molecule has 0 N–H and O–H groups in total. The van der Waals surface area contributed by atoms with Gasteiger partial charge >= 0.3 is 0 Å². The van der Waals surface area contributed by atoms with Crippen LogP contribution in [0.25, 0.3) is 10.9 Å². The fourth-order valence-corrected chi connectivity index (χ4v) is 1.60. The number of rotatable bonds is 1. The molecule has 0 radical (unpaired) electrons. The standard InChI is InChI=1S/C12H9F2NO/c1-6-3-11(7(2)16)15-12-9(6)4-8(13)5-10(12)14/h3-5H,1-2H3. The Bertz CT molecular complexity index is 593. The zero-order valence-electron chi connectivity index (χ0n) is 8.84. The van der Waals surface area contributed by atoms with Gasteiger partial charge in [0.2, 0.25) is 0 Å². The summed E-state index contributed by atoms with van der Waals surface area (Å²) in [6.07, 6.45) is 0. The summed E-state index contributed by atoms with van der Waals surface area (Å²) in [7, 11) is 0. The van der Waals surface area contributed by atoms with E-state index in [1.807, 2.05) is 0 Å². The van der Waals surface area contributed by atoms with E-state index in [2.05, 4.69) is 4.98 Å². The lowest BCUT2D eigenvalue weighted by Crippen LogP contribution is -2.00. The van der Waals surface area contributed by atoms with E-state index in [1.54, 1.807) is 6.92 Å². The summed E-state index contributed by atoms with van der Waals surface area (Å²) in [4.78, 5) is 15.0. The first-order valence-corrected chi connectivity index (χ1v) is 4.76. The van der Waals surface area contributed by atoms with E-state index in [4.69, 9.17) is 0 Å². The van der Waals surface area contributed by atoms with Crippen molar-refractivity contribution in [3.05, 3.63) is 41.1 Å². The summed E-state index contributed by atoms with van der Waals surface area (Å²) in [5.41, 5.74) is 0.857. The van der Waals surface area contributed by atoms with E-state index in [9.17, 15) is 13.6 Å². The average Bonchev–Trinajstić information content (AvgIpc) is 2.19. The Morgan fingerprint density at radius 3 is 2.56 bits per heavy atom. The van der Waals surface area contributed by atoms with Crippen LogP contribution < -0.4 is 0 Å². The first-order valence-electron chi connectivity index (χ1n) is 4.76. The summed E-state index contributed by atoms with van der Waals surface area (Å²) < 4.78 is 26.5. The highest BCUT2D eigenvalue weighted by Gasteiger charge is 2.11. The maximum Gasteiger partial charge on any atom is 0.178 e. The molecule has 4 heteroatoms. The molecule has 1 aromatic heterocycles. The number of carbonyl (C=O) groups is 1. The van der Waals surface area contributed by atoms with Gasteiger partial charge in [-0.25, -0.2) is 13.8 Å². The number of hydrogen-bond acceptors (Lipinski definition) is 2. The molecule has 0 unspecified atom stereocenters. The highest BCUT2D eigenvalue weighted by atomic mass is 19.1. The van der Waals surface area contributed by atoms with Gasteiger partial charge in [-0.1, -0.05) is 0 Å². The number of aryl methyl sites for hydroxylation is 1. The molecule has 0 fully saturated rings. The Labute approximate surface area is 90.9 Å². The van der Waals surface area contributed by atoms with Gasteiger partial charge in [0.05, 0.1) is 0 Å². The van der Waals surface area contributed by atoms with Crippen LogP contribution in [0.2, 0.25) is 0 Å². The minimum atomic E-state index is -0.749. The van der Waals surface area contributed by atoms with Crippen molar-refractivity contribution in [3.63, 3.8) is 0 Å². The van der Waals surface area contributed by atoms with Gasteiger partial charge < -0.3 is 0 Å². The minimum absolute atomic E-state index is 0.0339. The highest BCUT2D eigenvalue weighted by molar-refractivity contribution is 5.95. The fourth-order valence-electron chi connectivity index (χ4n) is 1.60. The van der Waals surface area contributed by atoms with Gasteiger partial charge in [-0.15, -0.1) is 0 Å². The van der Waals surface area contributed by atoms with Gasteiger partial charge in [0.1, 0.15) is 17.0 Å². The maximum atomic E-state index is 13.5. The van der Waals surface area contributed by atoms with Gasteiger partial charge in [-0.3, -0.25) is 4.79 Å². The molecule has 0 aliphatic carbocycles. The molecule has 16 heavy (non-hydrogen) atoms. The molecule has 0 bridgehead atoms. The van der Waals surface area contributed by atoms with Crippen LogP contribution in [0.3, 0.4) is 0 Å². The molecule has 2 nitrogen and oxygen atoms in total. The Hall–Kier alpha value is -1.84. The summed E-state index contributed by atoms with van der Waals surface area (Å²) >= 11 is 0. The summed E-state index contributed by atoms with van der Waals surface area (Å²) in [5, 5.41) is 0.391. The zero-order chi connectivity index (χ0) is 11.9. The number of benzene rings is 1. The van der Waals surface area contributed by atoms with Crippen molar-refractivity contribution < 1.29 is 13.6 Å². The molecule has 0 atom stereocenters. The van der Waals surface area contributed by atoms with Gasteiger partial charge in [-0.05, 0) is 24.6 Å². The number of fused-ring (bicyclic) bond motifs is 1. The van der Waals surface area contributed by atoms with Gasteiger partial charge in [-0.2, -0.15) is 0 Å². The molecule has 0 saturated carbocycles. The predicted octanol–water partition coefficient (Wildman–Crippen LogP) is 3.02. The normalized spacial score (nSPS) is 10.8. The lowest BCUT2D eigenvalue weighted by atomic mass is 10.1. The van der Waals surface area contributed by atoms with Crippen molar-refractivity contribution >= 4 is 16.7 Å². The van der Waals surface area contributed by atoms with Gasteiger partial charge in [0.15, 0.2) is 11.6 Å². The van der Waals surface area contributed by atoms with Crippen molar-refractivity contribution in [3.8, 4) is 0 Å². The second-order valence-electron chi connectivity index (χ2n) is 3.66. The van der Waals surface area contributed by atoms with E-state index in [0.717, 1.165) is 6.07 Å². The second-order valence-corrected chi connectivity index (χ2v) is 3.66. The number of pyridine rings is 1. The van der Waals surface area contributed by atoms with Crippen LogP contribution in [-0.4, -0.2) is 10.8 Å². The topological polar surface area (TPSA) is 30.0 Å². The van der Waals surface area contributed by atoms with Crippen molar-refractivity contribution in [2.45, 2.75) is 13.8 Å². The van der Waals surface area contributed by atoms with Gasteiger partial charge in [0, 0.05) is 18.4 Å². The fraction of sp³-hybridized carbons (Fsp3) is 0.167. The molecule has 0 aliphatic rings. The quantitative estimate of drug-likeness (QED) is 0.693. The van der Waals surface area contributed by atoms with Crippen LogP contribution in [0.1, 0.15) is 23.0 Å². The minimum Gasteiger partial charge on any atom is -0.293 e. The van der Waals surface area contributed by atoms with E-state index in [1.165, 1.54) is 19.1 Å². The zero-order valence-corrected chi connectivity index (χ0v) is 8.84. The molecular formula is C12H9F2NO. The summed E-state index contributed by atoms with van der Waals surface area (Å²) in [5.74, 6) is -1.64. The Morgan fingerprint density at radius 1 is 1.25 bits per heavy atom. The monoisotopic (exact) mass is 221 g/mol. The Kier molecular flexibility index (Phi) is 2.42. The molecular weight excluding hydrogens is 212 g/mol. The predicted molar refractivity (Wildman–Crippen MR) is 56.4 cm³/mol. The first-order chi connectivity index (χ1) is 7.49. The van der Waals surface area contributed by atoms with E-state index < -0.39 is 11.6 Å². The molecule has 0 amide bonds. The number of nitrogens with zero attached hydrogens (tertiary/aromatic N) is 1.